The summed E-state index contributed by atoms with van der Waals surface area (Å²) in [6.07, 6.45) is 1.07. The van der Waals surface area contributed by atoms with Gasteiger partial charge < -0.3 is 11.1 Å². The molecule has 0 aliphatic heterocycles. The Morgan fingerprint density at radius 1 is 1.45 bits per heavy atom. The van der Waals surface area contributed by atoms with Crippen molar-refractivity contribution in [3.05, 3.63) is 51.2 Å². The summed E-state index contributed by atoms with van der Waals surface area (Å²) in [5.41, 5.74) is 6.03. The summed E-state index contributed by atoms with van der Waals surface area (Å²) < 4.78 is 0. The monoisotopic (exact) mass is 293 g/mol. The molecule has 0 aliphatic rings. The van der Waals surface area contributed by atoms with Crippen LogP contribution in [0.3, 0.4) is 0 Å². The van der Waals surface area contributed by atoms with Gasteiger partial charge in [0.05, 0.1) is 11.0 Å². The highest BCUT2D eigenvalue weighted by Gasteiger charge is 2.19. The van der Waals surface area contributed by atoms with Gasteiger partial charge in [0, 0.05) is 5.02 Å². The van der Waals surface area contributed by atoms with Gasteiger partial charge in [-0.3, -0.25) is 10.1 Å². The predicted octanol–water partition coefficient (Wildman–Crippen LogP) is 2.79. The van der Waals surface area contributed by atoms with Crippen molar-refractivity contribution in [1.82, 2.24) is 9.97 Å². The number of benzene rings is 1. The zero-order valence-corrected chi connectivity index (χ0v) is 11.3. The molecule has 1 aromatic heterocycles. The summed E-state index contributed by atoms with van der Waals surface area (Å²) in [7, 11) is 0. The lowest BCUT2D eigenvalue weighted by Crippen LogP contribution is -2.11. The number of hydrogen-bond acceptors (Lipinski definition) is 6. The van der Waals surface area contributed by atoms with Crippen LogP contribution in [0.5, 0.6) is 0 Å². The molecule has 0 spiro atoms. The number of aromatic nitrogens is 2. The van der Waals surface area contributed by atoms with Crippen LogP contribution >= 0.6 is 11.6 Å². The Balaban J connectivity index is 2.32. The van der Waals surface area contributed by atoms with Crippen LogP contribution in [0.1, 0.15) is 18.5 Å². The summed E-state index contributed by atoms with van der Waals surface area (Å²) in [5.74, 6) is 0.0272. The maximum absolute atomic E-state index is 10.9. The number of halogens is 1. The van der Waals surface area contributed by atoms with Crippen molar-refractivity contribution >= 4 is 29.1 Å². The van der Waals surface area contributed by atoms with Gasteiger partial charge in [-0.15, -0.1) is 0 Å². The molecule has 0 aliphatic carbocycles. The molecule has 2 rings (SSSR count). The van der Waals surface area contributed by atoms with Gasteiger partial charge >= 0.3 is 5.69 Å². The topological polar surface area (TPSA) is 107 Å². The molecule has 3 N–H and O–H groups in total. The molecule has 0 saturated carbocycles. The van der Waals surface area contributed by atoms with E-state index < -0.39 is 4.92 Å². The van der Waals surface area contributed by atoms with Crippen LogP contribution in [-0.2, 0) is 0 Å². The van der Waals surface area contributed by atoms with Gasteiger partial charge in [-0.1, -0.05) is 29.8 Å². The summed E-state index contributed by atoms with van der Waals surface area (Å²) in [5, 5.41) is 14.4. The van der Waals surface area contributed by atoms with Crippen molar-refractivity contribution in [2.75, 3.05) is 11.1 Å². The van der Waals surface area contributed by atoms with Crippen molar-refractivity contribution in [3.63, 3.8) is 0 Å². The molecule has 1 heterocycles. The molecule has 8 heteroatoms. The van der Waals surface area contributed by atoms with Gasteiger partial charge in [0.25, 0.3) is 0 Å². The van der Waals surface area contributed by atoms with E-state index in [0.717, 1.165) is 11.8 Å². The number of nitro groups is 1. The van der Waals surface area contributed by atoms with E-state index in [2.05, 4.69) is 15.3 Å². The second-order valence-corrected chi connectivity index (χ2v) is 4.51. The van der Waals surface area contributed by atoms with E-state index >= 15 is 0 Å². The maximum atomic E-state index is 10.9. The molecule has 0 fully saturated rings. The first kappa shape index (κ1) is 14.0. The number of anilines is 2. The van der Waals surface area contributed by atoms with Gasteiger partial charge in [-0.25, -0.2) is 4.98 Å². The zero-order valence-electron chi connectivity index (χ0n) is 10.6. The molecule has 0 radical (unpaired) electrons. The number of nitrogen functional groups attached to an aromatic ring is 1. The Kier molecular flexibility index (Phi) is 3.99. The molecule has 1 aromatic carbocycles. The third-order valence-electron chi connectivity index (χ3n) is 2.71. The van der Waals surface area contributed by atoms with Crippen molar-refractivity contribution < 1.29 is 4.92 Å². The lowest BCUT2D eigenvalue weighted by molar-refractivity contribution is -0.384. The Bertz CT molecular complexity index is 649. The number of nitrogens with two attached hydrogens (primary N) is 1. The number of nitrogens with zero attached hydrogens (tertiary/aromatic N) is 3. The van der Waals surface area contributed by atoms with Crippen molar-refractivity contribution in [2.24, 2.45) is 0 Å². The second-order valence-electron chi connectivity index (χ2n) is 4.11. The van der Waals surface area contributed by atoms with E-state index in [1.165, 1.54) is 0 Å². The quantitative estimate of drug-likeness (QED) is 0.663. The lowest BCUT2D eigenvalue weighted by Gasteiger charge is -2.16. The molecular formula is C12H12ClN5O2. The summed E-state index contributed by atoms with van der Waals surface area (Å²) in [6.45, 7) is 1.82. The highest BCUT2D eigenvalue weighted by atomic mass is 35.5. The standard InChI is InChI=1S/C12H12ClN5O2/c1-7(8-4-2-3-5-9(8)13)16-11-10(18(19)20)6-15-12(14)17-11/h2-7H,1H3,(H3,14,15,16,17). The minimum absolute atomic E-state index is 0.0375. The molecule has 7 nitrogen and oxygen atoms in total. The first-order valence-corrected chi connectivity index (χ1v) is 6.14. The molecule has 1 atom stereocenters. The number of rotatable bonds is 4. The molecule has 20 heavy (non-hydrogen) atoms. The van der Waals surface area contributed by atoms with E-state index in [1.54, 1.807) is 6.07 Å². The van der Waals surface area contributed by atoms with Crippen LogP contribution in [-0.4, -0.2) is 14.9 Å². The van der Waals surface area contributed by atoms with Crippen LogP contribution < -0.4 is 11.1 Å². The second kappa shape index (κ2) is 5.70. The van der Waals surface area contributed by atoms with Crippen molar-refractivity contribution in [3.8, 4) is 0 Å². The normalized spacial score (nSPS) is 11.9. The molecule has 1 unspecified atom stereocenters. The fourth-order valence-corrected chi connectivity index (χ4v) is 2.04. The third kappa shape index (κ3) is 2.94. The highest BCUT2D eigenvalue weighted by molar-refractivity contribution is 6.31. The van der Waals surface area contributed by atoms with Gasteiger partial charge in [-0.05, 0) is 18.6 Å². The minimum atomic E-state index is -0.568. The van der Waals surface area contributed by atoms with Gasteiger partial charge in [-0.2, -0.15) is 4.98 Å². The van der Waals surface area contributed by atoms with Crippen molar-refractivity contribution in [2.45, 2.75) is 13.0 Å². The Morgan fingerprint density at radius 2 is 2.15 bits per heavy atom. The van der Waals surface area contributed by atoms with Gasteiger partial charge in [0.1, 0.15) is 6.20 Å². The van der Waals surface area contributed by atoms with Gasteiger partial charge in [0.2, 0.25) is 11.8 Å². The Morgan fingerprint density at radius 3 is 2.80 bits per heavy atom. The first-order chi connectivity index (χ1) is 9.49. The summed E-state index contributed by atoms with van der Waals surface area (Å²) in [6, 6.07) is 6.96. The largest absolute Gasteiger partial charge is 0.368 e. The van der Waals surface area contributed by atoms with E-state index in [4.69, 9.17) is 17.3 Å². The first-order valence-electron chi connectivity index (χ1n) is 5.77. The van der Waals surface area contributed by atoms with E-state index in [0.29, 0.717) is 5.02 Å². The smallest absolute Gasteiger partial charge is 0.329 e. The molecule has 0 amide bonds. The fourth-order valence-electron chi connectivity index (χ4n) is 1.74. The average molecular weight is 294 g/mol. The van der Waals surface area contributed by atoms with Crippen LogP contribution in [0, 0.1) is 10.1 Å². The lowest BCUT2D eigenvalue weighted by atomic mass is 10.1. The number of nitrogens with one attached hydrogen (secondary N) is 1. The predicted molar refractivity (Wildman–Crippen MR) is 76.6 cm³/mol. The zero-order chi connectivity index (χ0) is 14.7. The molecule has 104 valence electrons. The average Bonchev–Trinajstić information content (AvgIpc) is 2.38. The fraction of sp³-hybridized carbons (Fsp3) is 0.167. The molecule has 2 aromatic rings. The molecule has 0 bridgehead atoms. The highest BCUT2D eigenvalue weighted by Crippen LogP contribution is 2.29. The molecular weight excluding hydrogens is 282 g/mol. The molecule has 0 saturated heterocycles. The van der Waals surface area contributed by atoms with Crippen LogP contribution in [0.25, 0.3) is 0 Å². The minimum Gasteiger partial charge on any atom is -0.368 e. The van der Waals surface area contributed by atoms with Gasteiger partial charge in [0.15, 0.2) is 0 Å². The summed E-state index contributed by atoms with van der Waals surface area (Å²) in [4.78, 5) is 17.8. The maximum Gasteiger partial charge on any atom is 0.329 e. The Hall–Kier alpha value is -2.41. The number of hydrogen-bond donors (Lipinski definition) is 2. The van der Waals surface area contributed by atoms with E-state index in [9.17, 15) is 10.1 Å². The Labute approximate surface area is 120 Å². The van der Waals surface area contributed by atoms with Crippen molar-refractivity contribution in [1.29, 1.82) is 0 Å². The van der Waals surface area contributed by atoms with E-state index in [-0.39, 0.29) is 23.5 Å². The van der Waals surface area contributed by atoms with Crippen LogP contribution in [0.4, 0.5) is 17.5 Å². The third-order valence-corrected chi connectivity index (χ3v) is 3.05. The van der Waals surface area contributed by atoms with Crippen LogP contribution in [0.15, 0.2) is 30.5 Å². The SMILES string of the molecule is CC(Nc1nc(N)ncc1[N+](=O)[O-])c1ccccc1Cl. The van der Waals surface area contributed by atoms with E-state index in [1.807, 2.05) is 25.1 Å². The van der Waals surface area contributed by atoms with Crippen LogP contribution in [0.2, 0.25) is 5.02 Å². The summed E-state index contributed by atoms with van der Waals surface area (Å²) >= 11 is 6.09.